The van der Waals surface area contributed by atoms with E-state index in [9.17, 15) is 4.79 Å². The van der Waals surface area contributed by atoms with Gasteiger partial charge in [0.2, 0.25) is 0 Å². The van der Waals surface area contributed by atoms with E-state index in [1.54, 1.807) is 11.8 Å². The highest BCUT2D eigenvalue weighted by atomic mass is 32.2. The third kappa shape index (κ3) is 2.06. The van der Waals surface area contributed by atoms with Gasteiger partial charge in [0.1, 0.15) is 0 Å². The van der Waals surface area contributed by atoms with Gasteiger partial charge >= 0.3 is 0 Å². The summed E-state index contributed by atoms with van der Waals surface area (Å²) >= 11 is 1.60. The van der Waals surface area contributed by atoms with E-state index in [4.69, 9.17) is 5.73 Å². The molecule has 0 bridgehead atoms. The first-order valence-corrected chi connectivity index (χ1v) is 7.39. The monoisotopic (exact) mass is 284 g/mol. The molecule has 3 nitrogen and oxygen atoms in total. The van der Waals surface area contributed by atoms with E-state index in [0.717, 1.165) is 21.0 Å². The Balaban J connectivity index is 2.25. The van der Waals surface area contributed by atoms with Crippen molar-refractivity contribution in [3.63, 3.8) is 0 Å². The van der Waals surface area contributed by atoms with Crippen molar-refractivity contribution in [3.8, 4) is 0 Å². The first kappa shape index (κ1) is 13.1. The standard InChI is InChI=1S/C16H16N2OS/c1-10(2)18-13-8-7-11(17)9-15(13)20-14-6-4-3-5-12(14)16(18)19/h3-10H,17H2,1-2H3. The lowest BCUT2D eigenvalue weighted by atomic mass is 10.1. The lowest BCUT2D eigenvalue weighted by Gasteiger charge is -2.27. The molecular formula is C16H16N2OS. The van der Waals surface area contributed by atoms with E-state index < -0.39 is 0 Å². The second kappa shape index (κ2) is 4.87. The van der Waals surface area contributed by atoms with Crippen LogP contribution in [0.15, 0.2) is 52.3 Å². The van der Waals surface area contributed by atoms with Crippen LogP contribution < -0.4 is 10.6 Å². The number of anilines is 2. The Labute approximate surface area is 122 Å². The molecule has 2 aromatic rings. The van der Waals surface area contributed by atoms with Crippen LogP contribution in [-0.4, -0.2) is 11.9 Å². The summed E-state index contributed by atoms with van der Waals surface area (Å²) in [5.41, 5.74) is 8.29. The Morgan fingerprint density at radius 2 is 1.85 bits per heavy atom. The van der Waals surface area contributed by atoms with Gasteiger partial charge in [0.15, 0.2) is 0 Å². The Bertz CT molecular complexity index is 682. The molecule has 20 heavy (non-hydrogen) atoms. The largest absolute Gasteiger partial charge is 0.399 e. The van der Waals surface area contributed by atoms with Crippen LogP contribution in [0.4, 0.5) is 11.4 Å². The van der Waals surface area contributed by atoms with Crippen LogP contribution in [0.3, 0.4) is 0 Å². The van der Waals surface area contributed by atoms with Crippen LogP contribution in [0.2, 0.25) is 0 Å². The van der Waals surface area contributed by atoms with Gasteiger partial charge in [-0.05, 0) is 44.2 Å². The Morgan fingerprint density at radius 1 is 1.10 bits per heavy atom. The molecule has 0 atom stereocenters. The topological polar surface area (TPSA) is 46.3 Å². The van der Waals surface area contributed by atoms with Crippen LogP contribution >= 0.6 is 11.8 Å². The van der Waals surface area contributed by atoms with Crippen molar-refractivity contribution in [2.45, 2.75) is 29.7 Å². The van der Waals surface area contributed by atoms with Gasteiger partial charge in [0.25, 0.3) is 5.91 Å². The van der Waals surface area contributed by atoms with E-state index in [1.165, 1.54) is 0 Å². The van der Waals surface area contributed by atoms with E-state index >= 15 is 0 Å². The molecule has 1 aliphatic rings. The van der Waals surface area contributed by atoms with Crippen molar-refractivity contribution in [1.29, 1.82) is 0 Å². The highest BCUT2D eigenvalue weighted by Crippen LogP contribution is 2.42. The molecule has 0 unspecified atom stereocenters. The average molecular weight is 284 g/mol. The van der Waals surface area contributed by atoms with Gasteiger partial charge in [-0.15, -0.1) is 0 Å². The normalized spacial score (nSPS) is 13.9. The van der Waals surface area contributed by atoms with Crippen LogP contribution in [0.25, 0.3) is 0 Å². The number of nitrogens with zero attached hydrogens (tertiary/aromatic N) is 1. The summed E-state index contributed by atoms with van der Waals surface area (Å²) in [5, 5.41) is 0. The molecule has 1 amide bonds. The van der Waals surface area contributed by atoms with Crippen molar-refractivity contribution in [2.75, 3.05) is 10.6 Å². The van der Waals surface area contributed by atoms with Gasteiger partial charge in [-0.2, -0.15) is 0 Å². The predicted octanol–water partition coefficient (Wildman–Crippen LogP) is 3.79. The summed E-state index contributed by atoms with van der Waals surface area (Å²) in [4.78, 5) is 16.7. The third-order valence-electron chi connectivity index (χ3n) is 3.32. The number of amides is 1. The van der Waals surface area contributed by atoms with Crippen molar-refractivity contribution < 1.29 is 4.79 Å². The van der Waals surface area contributed by atoms with Crippen LogP contribution in [0, 0.1) is 0 Å². The fourth-order valence-corrected chi connectivity index (χ4v) is 3.53. The Kier molecular flexibility index (Phi) is 3.18. The van der Waals surface area contributed by atoms with Crippen molar-refractivity contribution in [3.05, 3.63) is 48.0 Å². The number of carbonyl (C=O) groups excluding carboxylic acids is 1. The predicted molar refractivity (Wildman–Crippen MR) is 83.4 cm³/mol. The minimum Gasteiger partial charge on any atom is -0.399 e. The Hall–Kier alpha value is -1.94. The maximum absolute atomic E-state index is 12.8. The molecule has 0 radical (unpaired) electrons. The Morgan fingerprint density at radius 3 is 2.60 bits per heavy atom. The molecule has 0 aliphatic carbocycles. The maximum atomic E-state index is 12.8. The van der Waals surface area contributed by atoms with E-state index in [2.05, 4.69) is 0 Å². The summed E-state index contributed by atoms with van der Waals surface area (Å²) in [6.07, 6.45) is 0. The van der Waals surface area contributed by atoms with Gasteiger partial charge in [0.05, 0.1) is 11.3 Å². The molecule has 3 rings (SSSR count). The molecule has 102 valence electrons. The zero-order valence-corrected chi connectivity index (χ0v) is 12.3. The number of benzene rings is 2. The molecule has 0 fully saturated rings. The number of hydrogen-bond donors (Lipinski definition) is 1. The lowest BCUT2D eigenvalue weighted by Crippen LogP contribution is -2.36. The quantitative estimate of drug-likeness (QED) is 0.810. The van der Waals surface area contributed by atoms with Gasteiger partial charge in [0, 0.05) is 21.5 Å². The molecule has 4 heteroatoms. The minimum absolute atomic E-state index is 0.0478. The molecule has 0 aromatic heterocycles. The van der Waals surface area contributed by atoms with E-state index in [0.29, 0.717) is 5.69 Å². The van der Waals surface area contributed by atoms with Crippen LogP contribution in [0.5, 0.6) is 0 Å². The molecule has 0 saturated carbocycles. The third-order valence-corrected chi connectivity index (χ3v) is 4.44. The summed E-state index contributed by atoms with van der Waals surface area (Å²) in [6, 6.07) is 13.5. The molecule has 0 saturated heterocycles. The van der Waals surface area contributed by atoms with E-state index in [1.807, 2.05) is 61.2 Å². The lowest BCUT2D eigenvalue weighted by molar-refractivity contribution is 0.0977. The van der Waals surface area contributed by atoms with E-state index in [-0.39, 0.29) is 11.9 Å². The second-order valence-electron chi connectivity index (χ2n) is 5.09. The number of nitrogen functional groups attached to an aromatic ring is 1. The van der Waals surface area contributed by atoms with Gasteiger partial charge in [-0.25, -0.2) is 0 Å². The summed E-state index contributed by atoms with van der Waals surface area (Å²) < 4.78 is 0. The van der Waals surface area contributed by atoms with Gasteiger partial charge in [-0.3, -0.25) is 4.79 Å². The molecule has 2 aromatic carbocycles. The number of fused-ring (bicyclic) bond motifs is 2. The molecule has 2 N–H and O–H groups in total. The van der Waals surface area contributed by atoms with Crippen molar-refractivity contribution >= 4 is 29.0 Å². The molecule has 0 spiro atoms. The maximum Gasteiger partial charge on any atom is 0.259 e. The molecule has 1 aliphatic heterocycles. The number of carbonyl (C=O) groups is 1. The fraction of sp³-hybridized carbons (Fsp3) is 0.188. The molecular weight excluding hydrogens is 268 g/mol. The number of nitrogens with two attached hydrogens (primary N) is 1. The zero-order chi connectivity index (χ0) is 14.3. The smallest absolute Gasteiger partial charge is 0.259 e. The fourth-order valence-electron chi connectivity index (χ4n) is 2.41. The number of rotatable bonds is 1. The second-order valence-corrected chi connectivity index (χ2v) is 6.18. The van der Waals surface area contributed by atoms with Crippen molar-refractivity contribution in [2.24, 2.45) is 0 Å². The highest BCUT2D eigenvalue weighted by molar-refractivity contribution is 7.99. The average Bonchev–Trinajstić information content (AvgIpc) is 2.53. The van der Waals surface area contributed by atoms with Gasteiger partial charge in [-0.1, -0.05) is 23.9 Å². The summed E-state index contributed by atoms with van der Waals surface area (Å²) in [7, 11) is 0. The summed E-state index contributed by atoms with van der Waals surface area (Å²) in [6.45, 7) is 4.05. The van der Waals surface area contributed by atoms with Gasteiger partial charge < -0.3 is 10.6 Å². The summed E-state index contributed by atoms with van der Waals surface area (Å²) in [5.74, 6) is 0.0478. The minimum atomic E-state index is 0.0478. The molecule has 1 heterocycles. The number of hydrogen-bond acceptors (Lipinski definition) is 3. The first-order valence-electron chi connectivity index (χ1n) is 6.58. The van der Waals surface area contributed by atoms with Crippen molar-refractivity contribution in [1.82, 2.24) is 0 Å². The first-order chi connectivity index (χ1) is 9.58. The van der Waals surface area contributed by atoms with Crippen LogP contribution in [-0.2, 0) is 0 Å². The SMILES string of the molecule is CC(C)N1C(=O)c2ccccc2Sc2cc(N)ccc21. The zero-order valence-electron chi connectivity index (χ0n) is 11.5. The highest BCUT2D eigenvalue weighted by Gasteiger charge is 2.28. The van der Waals surface area contributed by atoms with Crippen LogP contribution in [0.1, 0.15) is 24.2 Å².